The van der Waals surface area contributed by atoms with Gasteiger partial charge in [-0.15, -0.1) is 0 Å². The number of morpholine rings is 1. The van der Waals surface area contributed by atoms with E-state index < -0.39 is 28.3 Å². The van der Waals surface area contributed by atoms with Crippen LogP contribution in [-0.2, 0) is 4.74 Å². The van der Waals surface area contributed by atoms with Crippen molar-refractivity contribution in [3.8, 4) is 0 Å². The van der Waals surface area contributed by atoms with Crippen LogP contribution in [0, 0.1) is 21.7 Å². The van der Waals surface area contributed by atoms with Crippen LogP contribution in [0.4, 0.5) is 19.8 Å². The number of hydrogen-bond acceptors (Lipinski definition) is 8. The topological polar surface area (TPSA) is 102 Å². The van der Waals surface area contributed by atoms with Crippen molar-refractivity contribution in [2.24, 2.45) is 0 Å². The van der Waals surface area contributed by atoms with Crippen LogP contribution in [0.2, 0.25) is 0 Å². The number of aromatic nitrogens is 1. The van der Waals surface area contributed by atoms with E-state index in [4.69, 9.17) is 9.15 Å². The van der Waals surface area contributed by atoms with Crippen molar-refractivity contribution < 1.29 is 27.7 Å². The van der Waals surface area contributed by atoms with Gasteiger partial charge in [0.2, 0.25) is 0 Å². The number of hydrogen-bond donors (Lipinski definition) is 0. The number of halogens is 2. The highest BCUT2D eigenvalue weighted by Crippen LogP contribution is 2.32. The van der Waals surface area contributed by atoms with Gasteiger partial charge in [0, 0.05) is 32.2 Å². The smallest absolute Gasteiger partial charge is 0.395 e. The predicted molar refractivity (Wildman–Crippen MR) is 108 cm³/mol. The second-order valence-electron chi connectivity index (χ2n) is 6.89. The van der Waals surface area contributed by atoms with Crippen molar-refractivity contribution in [1.29, 1.82) is 0 Å². The van der Waals surface area contributed by atoms with E-state index in [2.05, 4.69) is 9.88 Å². The second-order valence-corrected chi connectivity index (χ2v) is 7.90. The lowest BCUT2D eigenvalue weighted by Crippen LogP contribution is -2.39. The lowest BCUT2D eigenvalue weighted by molar-refractivity contribution is -0.402. The summed E-state index contributed by atoms with van der Waals surface area (Å²) in [5.41, 5.74) is -0.0437. The van der Waals surface area contributed by atoms with Crippen molar-refractivity contribution in [3.63, 3.8) is 0 Å². The molecule has 0 saturated carbocycles. The maximum absolute atomic E-state index is 14.1. The highest BCUT2D eigenvalue weighted by Gasteiger charge is 2.27. The Bertz CT molecular complexity index is 1110. The number of rotatable bonds is 7. The van der Waals surface area contributed by atoms with Gasteiger partial charge in [-0.1, -0.05) is 11.3 Å². The third-order valence-corrected chi connectivity index (χ3v) is 5.85. The molecule has 1 saturated heterocycles. The minimum Gasteiger partial charge on any atom is -0.395 e. The molecule has 3 heterocycles. The fourth-order valence-corrected chi connectivity index (χ4v) is 4.33. The molecule has 0 radical (unpaired) electrons. The maximum Gasteiger partial charge on any atom is 0.433 e. The zero-order valence-corrected chi connectivity index (χ0v) is 17.1. The molecule has 0 atom stereocenters. The Morgan fingerprint density at radius 2 is 2.06 bits per heavy atom. The maximum atomic E-state index is 14.1. The normalized spacial score (nSPS) is 14.8. The van der Waals surface area contributed by atoms with E-state index in [1.807, 2.05) is 0 Å². The van der Waals surface area contributed by atoms with Crippen LogP contribution >= 0.6 is 11.3 Å². The van der Waals surface area contributed by atoms with E-state index in [0.717, 1.165) is 42.6 Å². The first kappa shape index (κ1) is 21.3. The van der Waals surface area contributed by atoms with E-state index in [0.29, 0.717) is 26.2 Å². The third-order valence-electron chi connectivity index (χ3n) is 4.82. The van der Waals surface area contributed by atoms with Crippen LogP contribution in [0.5, 0.6) is 0 Å². The van der Waals surface area contributed by atoms with Crippen LogP contribution in [0.1, 0.15) is 17.0 Å². The number of benzene rings is 1. The van der Waals surface area contributed by atoms with Crippen LogP contribution in [0.25, 0.3) is 10.2 Å². The molecule has 12 heteroatoms. The molecule has 1 aliphatic heterocycles. The highest BCUT2D eigenvalue weighted by molar-refractivity contribution is 7.22. The molecule has 1 aromatic carbocycles. The number of fused-ring (bicyclic) bond motifs is 1. The van der Waals surface area contributed by atoms with Crippen LogP contribution < -0.4 is 4.90 Å². The van der Waals surface area contributed by atoms with E-state index >= 15 is 0 Å². The molecule has 4 rings (SSSR count). The Morgan fingerprint density at radius 1 is 1.29 bits per heavy atom. The fraction of sp³-hybridized carbons (Fsp3) is 0.368. The first-order valence-corrected chi connectivity index (χ1v) is 10.4. The number of ether oxygens (including phenoxy) is 1. The molecule has 9 nitrogen and oxygen atoms in total. The largest absolute Gasteiger partial charge is 0.433 e. The SMILES string of the molecule is O=C(c1ccc([N+](=O)[O-])o1)N(CCCN1CCOCC1)c1nc2c(F)cc(F)cc2s1. The molecule has 0 unspecified atom stereocenters. The zero-order chi connectivity index (χ0) is 22.0. The van der Waals surface area contributed by atoms with Gasteiger partial charge in [-0.25, -0.2) is 13.8 Å². The van der Waals surface area contributed by atoms with E-state index in [1.54, 1.807) is 0 Å². The standard InChI is InChI=1S/C19H18F2N4O5S/c20-12-10-13(21)17-15(11-12)31-19(22-17)24(5-1-4-23-6-8-29-9-7-23)18(26)14-2-3-16(30-14)25(27)28/h2-3,10-11H,1,4-9H2. The van der Waals surface area contributed by atoms with Gasteiger partial charge in [-0.2, -0.15) is 0 Å². The molecule has 1 amide bonds. The summed E-state index contributed by atoms with van der Waals surface area (Å²) in [6, 6.07) is 4.18. The van der Waals surface area contributed by atoms with Crippen molar-refractivity contribution >= 4 is 38.5 Å². The van der Waals surface area contributed by atoms with Crippen molar-refractivity contribution in [3.05, 3.63) is 51.8 Å². The molecule has 3 aromatic rings. The Balaban J connectivity index is 1.60. The molecule has 2 aromatic heterocycles. The molecule has 0 bridgehead atoms. The summed E-state index contributed by atoms with van der Waals surface area (Å²) in [6.07, 6.45) is 0.571. The second kappa shape index (κ2) is 9.04. The highest BCUT2D eigenvalue weighted by atomic mass is 32.1. The lowest BCUT2D eigenvalue weighted by atomic mass is 10.3. The van der Waals surface area contributed by atoms with Crippen molar-refractivity contribution in [1.82, 2.24) is 9.88 Å². The number of nitro groups is 1. The third kappa shape index (κ3) is 4.70. The van der Waals surface area contributed by atoms with Crippen LogP contribution in [0.15, 0.2) is 28.7 Å². The zero-order valence-electron chi connectivity index (χ0n) is 16.3. The van der Waals surface area contributed by atoms with Gasteiger partial charge in [0.05, 0.1) is 24.0 Å². The summed E-state index contributed by atoms with van der Waals surface area (Å²) < 4.78 is 38.3. The van der Waals surface area contributed by atoms with Gasteiger partial charge in [-0.3, -0.25) is 24.7 Å². The van der Waals surface area contributed by atoms with Gasteiger partial charge in [0.1, 0.15) is 16.3 Å². The van der Waals surface area contributed by atoms with Crippen LogP contribution in [-0.4, -0.2) is 60.1 Å². The minimum atomic E-state index is -0.827. The van der Waals surface area contributed by atoms with E-state index in [1.165, 1.54) is 11.0 Å². The molecule has 1 aliphatic rings. The average Bonchev–Trinajstić information content (AvgIpc) is 3.39. The van der Waals surface area contributed by atoms with Gasteiger partial charge in [0.15, 0.2) is 16.7 Å². The summed E-state index contributed by atoms with van der Waals surface area (Å²) in [4.78, 5) is 30.9. The van der Waals surface area contributed by atoms with Gasteiger partial charge >= 0.3 is 5.88 Å². The minimum absolute atomic E-state index is 0.0437. The Morgan fingerprint density at radius 3 is 2.77 bits per heavy atom. The predicted octanol–water partition coefficient (Wildman–Crippen LogP) is 3.44. The number of nitrogens with zero attached hydrogens (tertiary/aromatic N) is 4. The average molecular weight is 452 g/mol. The van der Waals surface area contributed by atoms with Crippen molar-refractivity contribution in [2.45, 2.75) is 6.42 Å². The number of amides is 1. The lowest BCUT2D eigenvalue weighted by Gasteiger charge is -2.27. The first-order valence-electron chi connectivity index (χ1n) is 9.54. The summed E-state index contributed by atoms with van der Waals surface area (Å²) in [7, 11) is 0. The Labute approximate surface area is 179 Å². The molecule has 164 valence electrons. The van der Waals surface area contributed by atoms with E-state index in [-0.39, 0.29) is 27.7 Å². The summed E-state index contributed by atoms with van der Waals surface area (Å²) in [6.45, 7) is 3.75. The molecule has 0 N–H and O–H groups in total. The summed E-state index contributed by atoms with van der Waals surface area (Å²) in [5, 5.41) is 11.1. The van der Waals surface area contributed by atoms with Gasteiger partial charge in [-0.05, 0) is 18.6 Å². The van der Waals surface area contributed by atoms with E-state index in [9.17, 15) is 23.7 Å². The Kier molecular flexibility index (Phi) is 6.20. The molecular formula is C19H18F2N4O5S. The Hall–Kier alpha value is -2.96. The number of anilines is 1. The molecule has 1 fully saturated rings. The molecule has 0 spiro atoms. The quantitative estimate of drug-likeness (QED) is 0.400. The van der Waals surface area contributed by atoms with Crippen LogP contribution in [0.3, 0.4) is 0 Å². The fourth-order valence-electron chi connectivity index (χ4n) is 3.30. The molecule has 31 heavy (non-hydrogen) atoms. The monoisotopic (exact) mass is 452 g/mol. The number of carbonyl (C=O) groups is 1. The number of thiazole rings is 1. The summed E-state index contributed by atoms with van der Waals surface area (Å²) in [5.74, 6) is -3.01. The first-order chi connectivity index (χ1) is 14.9. The van der Waals surface area contributed by atoms with Gasteiger partial charge in [0.25, 0.3) is 5.91 Å². The molecule has 0 aliphatic carbocycles. The number of furan rings is 1. The summed E-state index contributed by atoms with van der Waals surface area (Å²) >= 11 is 0.961. The van der Waals surface area contributed by atoms with Crippen molar-refractivity contribution in [2.75, 3.05) is 44.3 Å². The number of carbonyl (C=O) groups excluding carboxylic acids is 1. The molecular weight excluding hydrogens is 434 g/mol. The van der Waals surface area contributed by atoms with Gasteiger partial charge < -0.3 is 9.15 Å².